The van der Waals surface area contributed by atoms with Crippen LogP contribution in [-0.4, -0.2) is 394 Å². The summed E-state index contributed by atoms with van der Waals surface area (Å²) >= 11 is 0. The summed E-state index contributed by atoms with van der Waals surface area (Å²) in [6.45, 7) is 28.4. The number of rotatable bonds is 57. The summed E-state index contributed by atoms with van der Waals surface area (Å²) in [7, 11) is 0. The molecule has 34 nitrogen and oxygen atoms in total. The molecule has 9 N–H and O–H groups in total. The van der Waals surface area contributed by atoms with E-state index in [1.54, 1.807) is 55.4 Å². The van der Waals surface area contributed by atoms with E-state index in [1.807, 2.05) is 55.4 Å². The minimum Gasteiger partial charge on any atom is -0.392 e. The minimum atomic E-state index is -1.26. The second kappa shape index (κ2) is 53.8. The molecule has 0 saturated heterocycles. The number of nitrogens with two attached hydrogens (primary N) is 1. The normalized spacial score (nSPS) is 15.2. The van der Waals surface area contributed by atoms with E-state index < -0.39 is 216 Å². The summed E-state index contributed by atoms with van der Waals surface area (Å²) in [6, 6.07) is -3.23. The summed E-state index contributed by atoms with van der Waals surface area (Å²) in [5, 5.41) is 67.7. The molecule has 13 amide bonds. The van der Waals surface area contributed by atoms with E-state index in [-0.39, 0.29) is 82.9 Å². The molecule has 0 aliphatic heterocycles. The first-order valence-electron chi connectivity index (χ1n) is 40.5. The number of carbonyl (C=O) groups is 13. The standard InChI is InChI=1S/C78H147N15O19/c1-23-52(9)80-33-67(101)88(54(11)25-3)47-75(109)92(58(15)29-7)50-76(110)89(55(12)26-4)46-72(106)85(38-64(21)98)44-71(105)84(37-63(20)97)43-70(104)83(36-62(19)96)42-69(103)82(35-61(18)95)32-31-81(34-60(17)94)41-68(102)86(39-65(22)99)45-73(107)90(56(13)27-5)49-77(111)93(59(16)30-8)51-78(112)91(57(14)28-6)48-74(108)87(40-66(79)100)53(10)24-2/h52-65,80,94-99H,23-51H2,1-22H3,(H2,79,100). The van der Waals surface area contributed by atoms with Gasteiger partial charge in [-0.2, -0.15) is 0 Å². The van der Waals surface area contributed by atoms with Gasteiger partial charge in [0.15, 0.2) is 0 Å². The minimum absolute atomic E-state index is 0.00997. The molecule has 0 aliphatic rings. The molecule has 0 heterocycles. The molecule has 0 aromatic rings. The van der Waals surface area contributed by atoms with Crippen molar-refractivity contribution in [3.8, 4) is 0 Å². The smallest absolute Gasteiger partial charge is 0.242 e. The Labute approximate surface area is 667 Å². The molecular formula is C78H147N15O19. The van der Waals surface area contributed by atoms with Gasteiger partial charge in [-0.3, -0.25) is 67.2 Å². The summed E-state index contributed by atoms with van der Waals surface area (Å²) in [4.78, 5) is 201. The van der Waals surface area contributed by atoms with Crippen molar-refractivity contribution in [2.24, 2.45) is 5.73 Å². The molecule has 0 spiro atoms. The highest BCUT2D eigenvalue weighted by atomic mass is 16.3. The average molecular weight is 1600 g/mol. The first kappa shape index (κ1) is 105. The van der Waals surface area contributed by atoms with Crippen LogP contribution in [0, 0.1) is 0 Å². The third-order valence-electron chi connectivity index (χ3n) is 20.5. The summed E-state index contributed by atoms with van der Waals surface area (Å²) in [6.07, 6.45) is -3.26. The fourth-order valence-electron chi connectivity index (χ4n) is 12.2. The largest absolute Gasteiger partial charge is 0.392 e. The van der Waals surface area contributed by atoms with Gasteiger partial charge in [0.1, 0.15) is 39.3 Å². The van der Waals surface area contributed by atoms with Gasteiger partial charge in [-0.1, -0.05) is 55.4 Å². The molecule has 0 radical (unpaired) electrons. The summed E-state index contributed by atoms with van der Waals surface area (Å²) in [5.74, 6) is -8.40. The van der Waals surface area contributed by atoms with Crippen LogP contribution >= 0.6 is 0 Å². The van der Waals surface area contributed by atoms with Crippen LogP contribution < -0.4 is 11.1 Å². The number of aliphatic hydroxyl groups excluding tert-OH is 6. The van der Waals surface area contributed by atoms with Crippen molar-refractivity contribution in [1.82, 2.24) is 69.0 Å². The number of primary amides is 1. The molecule has 0 saturated carbocycles. The number of aliphatic hydroxyl groups is 6. The van der Waals surface area contributed by atoms with Crippen molar-refractivity contribution in [3.05, 3.63) is 0 Å². The second-order valence-electron chi connectivity index (χ2n) is 30.9. The number of nitrogens with zero attached hydrogens (tertiary/aromatic N) is 13. The zero-order valence-electron chi connectivity index (χ0n) is 72.0. The van der Waals surface area contributed by atoms with Gasteiger partial charge in [0.25, 0.3) is 0 Å². The van der Waals surface area contributed by atoms with Crippen molar-refractivity contribution in [2.45, 2.75) is 289 Å². The van der Waals surface area contributed by atoms with E-state index in [0.29, 0.717) is 44.9 Å². The Kier molecular flexibility index (Phi) is 50.3. The van der Waals surface area contributed by atoms with Crippen molar-refractivity contribution in [3.63, 3.8) is 0 Å². The Balaban J connectivity index is 7.12. The van der Waals surface area contributed by atoms with Gasteiger partial charge in [0.05, 0.1) is 82.4 Å². The van der Waals surface area contributed by atoms with Crippen LogP contribution in [0.4, 0.5) is 0 Å². The van der Waals surface area contributed by atoms with E-state index in [1.165, 1.54) is 85.6 Å². The van der Waals surface area contributed by atoms with E-state index in [4.69, 9.17) is 5.73 Å². The van der Waals surface area contributed by atoms with Gasteiger partial charge < -0.3 is 100 Å². The number of hydrogen-bond donors (Lipinski definition) is 8. The van der Waals surface area contributed by atoms with Crippen molar-refractivity contribution >= 4 is 76.8 Å². The maximum Gasteiger partial charge on any atom is 0.242 e. The molecule has 0 rings (SSSR count). The number of carbonyl (C=O) groups excluding carboxylic acids is 13. The Morgan fingerprint density at radius 1 is 0.250 bits per heavy atom. The summed E-state index contributed by atoms with van der Waals surface area (Å²) < 4.78 is 0. The first-order chi connectivity index (χ1) is 52.2. The maximum atomic E-state index is 14.6. The van der Waals surface area contributed by atoms with Crippen molar-refractivity contribution in [2.75, 3.05) is 137 Å². The van der Waals surface area contributed by atoms with E-state index in [0.717, 1.165) is 26.0 Å². The third kappa shape index (κ3) is 38.3. The van der Waals surface area contributed by atoms with E-state index >= 15 is 0 Å². The second-order valence-corrected chi connectivity index (χ2v) is 30.9. The predicted octanol–water partition coefficient (Wildman–Crippen LogP) is -0.0207. The number of nitrogens with one attached hydrogen (secondary N) is 1. The van der Waals surface area contributed by atoms with Gasteiger partial charge in [-0.15, -0.1) is 0 Å². The quantitative estimate of drug-likeness (QED) is 0.0397. The fraction of sp³-hybridized carbons (Fsp3) is 0.833. The van der Waals surface area contributed by atoms with Gasteiger partial charge in [-0.25, -0.2) is 0 Å². The Bertz CT molecular complexity index is 2930. The highest BCUT2D eigenvalue weighted by Crippen LogP contribution is 2.18. The van der Waals surface area contributed by atoms with Crippen LogP contribution in [0.5, 0.6) is 0 Å². The van der Waals surface area contributed by atoms with Crippen LogP contribution in [0.15, 0.2) is 0 Å². The first-order valence-corrected chi connectivity index (χ1v) is 40.5. The molecule has 0 aromatic carbocycles. The van der Waals surface area contributed by atoms with Crippen LogP contribution in [0.1, 0.15) is 204 Å². The third-order valence-corrected chi connectivity index (χ3v) is 20.5. The van der Waals surface area contributed by atoms with Gasteiger partial charge >= 0.3 is 0 Å². The van der Waals surface area contributed by atoms with Gasteiger partial charge in [-0.05, 0) is 148 Å². The molecule has 14 atom stereocenters. The molecule has 112 heavy (non-hydrogen) atoms. The Morgan fingerprint density at radius 2 is 0.455 bits per heavy atom. The Morgan fingerprint density at radius 3 is 0.705 bits per heavy atom. The lowest BCUT2D eigenvalue weighted by Gasteiger charge is -2.37. The van der Waals surface area contributed by atoms with Crippen LogP contribution in [0.3, 0.4) is 0 Å². The molecule has 14 unspecified atom stereocenters. The zero-order chi connectivity index (χ0) is 86.3. The van der Waals surface area contributed by atoms with Gasteiger partial charge in [0.2, 0.25) is 76.8 Å². The van der Waals surface area contributed by atoms with Crippen LogP contribution in [0.25, 0.3) is 0 Å². The highest BCUT2D eigenvalue weighted by molar-refractivity contribution is 5.95. The molecule has 648 valence electrons. The highest BCUT2D eigenvalue weighted by Gasteiger charge is 2.38. The maximum absolute atomic E-state index is 14.6. The lowest BCUT2D eigenvalue weighted by Crippen LogP contribution is -2.56. The van der Waals surface area contributed by atoms with Crippen LogP contribution in [-0.2, 0) is 62.3 Å². The molecule has 0 fully saturated rings. The topological polar surface area (TPSA) is 423 Å². The monoisotopic (exact) mass is 1600 g/mol. The summed E-state index contributed by atoms with van der Waals surface area (Å²) in [5.41, 5.74) is 5.50. The molecule has 0 bridgehead atoms. The average Bonchev–Trinajstić information content (AvgIpc) is 0.848. The lowest BCUT2D eigenvalue weighted by atomic mass is 10.1. The van der Waals surface area contributed by atoms with E-state index in [2.05, 4.69) is 5.32 Å². The molecule has 0 aliphatic carbocycles. The fourth-order valence-corrected chi connectivity index (χ4v) is 12.2. The Hall–Kier alpha value is -7.21. The van der Waals surface area contributed by atoms with Gasteiger partial charge in [0, 0.05) is 101 Å². The number of amides is 13. The number of hydrogen-bond acceptors (Lipinski definition) is 21. The van der Waals surface area contributed by atoms with Crippen molar-refractivity contribution in [1.29, 1.82) is 0 Å². The predicted molar refractivity (Wildman–Crippen MR) is 427 cm³/mol. The van der Waals surface area contributed by atoms with Crippen LogP contribution in [0.2, 0.25) is 0 Å². The SMILES string of the molecule is CCC(C)NCC(=O)N(CC(=O)N(CC(=O)N(CC(=O)N(CC(=O)N(CC(=O)N(CC(=O)N(CCN(CC(=O)N(CC(=O)N(CC(=O)N(CC(=O)N(CC(=O)N(CC(N)=O)C(C)CC)C(C)CC)C(C)CC)C(C)CC)CC(C)O)CC(C)O)CC(C)O)CC(C)O)CC(C)O)CC(C)O)C(C)CC)C(C)CC)C(C)CC. The lowest BCUT2D eigenvalue weighted by molar-refractivity contribution is -0.151. The molecular weight excluding hydrogens is 1450 g/mol. The molecule has 34 heteroatoms. The molecule has 0 aromatic heterocycles. The van der Waals surface area contributed by atoms with E-state index in [9.17, 15) is 93.0 Å². The van der Waals surface area contributed by atoms with Crippen molar-refractivity contribution < 1.29 is 93.0 Å². The zero-order valence-corrected chi connectivity index (χ0v) is 72.0.